The monoisotopic (exact) mass is 210 g/mol. The number of nitrogens with two attached hydrogens (primary N) is 1. The van der Waals surface area contributed by atoms with E-state index < -0.39 is 12.2 Å². The van der Waals surface area contributed by atoms with E-state index in [4.69, 9.17) is 5.73 Å². The molecule has 2 atom stereocenters. The van der Waals surface area contributed by atoms with Crippen LogP contribution in [0.5, 0.6) is 0 Å². The van der Waals surface area contributed by atoms with Gasteiger partial charge in [-0.3, -0.25) is 0 Å². The van der Waals surface area contributed by atoms with E-state index in [1.807, 2.05) is 19.2 Å². The van der Waals surface area contributed by atoms with Crippen molar-refractivity contribution in [3.63, 3.8) is 0 Å². The summed E-state index contributed by atoms with van der Waals surface area (Å²) in [7, 11) is 1.88. The number of hydrogen-bond donors (Lipinski definition) is 4. The molecule has 0 saturated carbocycles. The van der Waals surface area contributed by atoms with Gasteiger partial charge in [0, 0.05) is 13.1 Å². The van der Waals surface area contributed by atoms with E-state index in [1.165, 1.54) is 0 Å². The Morgan fingerprint density at radius 1 is 1.27 bits per heavy atom. The highest BCUT2D eigenvalue weighted by atomic mass is 16.3. The molecule has 15 heavy (non-hydrogen) atoms. The van der Waals surface area contributed by atoms with E-state index in [0.717, 1.165) is 12.1 Å². The Labute approximate surface area is 89.7 Å². The molecule has 0 aromatic heterocycles. The summed E-state index contributed by atoms with van der Waals surface area (Å²) >= 11 is 0. The number of aliphatic hydroxyl groups is 2. The molecule has 84 valence electrons. The van der Waals surface area contributed by atoms with Crippen LogP contribution < -0.4 is 11.1 Å². The first-order chi connectivity index (χ1) is 7.19. The van der Waals surface area contributed by atoms with Crippen molar-refractivity contribution in [2.24, 2.45) is 5.73 Å². The third kappa shape index (κ3) is 3.28. The molecule has 0 aliphatic carbocycles. The van der Waals surface area contributed by atoms with E-state index in [-0.39, 0.29) is 6.54 Å². The van der Waals surface area contributed by atoms with E-state index >= 15 is 0 Å². The summed E-state index contributed by atoms with van der Waals surface area (Å²) in [5.41, 5.74) is 7.09. The summed E-state index contributed by atoms with van der Waals surface area (Å²) in [6.07, 6.45) is -1.81. The smallest absolute Gasteiger partial charge is 0.106 e. The lowest BCUT2D eigenvalue weighted by Crippen LogP contribution is -2.27. The van der Waals surface area contributed by atoms with Gasteiger partial charge in [-0.05, 0) is 18.2 Å². The summed E-state index contributed by atoms with van der Waals surface area (Å²) in [6.45, 7) is 0.843. The lowest BCUT2D eigenvalue weighted by molar-refractivity contribution is 0.0243. The lowest BCUT2D eigenvalue weighted by Gasteiger charge is -2.16. The Morgan fingerprint density at radius 3 is 2.33 bits per heavy atom. The Hall–Kier alpha value is -0.940. The zero-order valence-corrected chi connectivity index (χ0v) is 8.85. The second kappa shape index (κ2) is 5.82. The molecule has 0 radical (unpaired) electrons. The van der Waals surface area contributed by atoms with Gasteiger partial charge in [-0.2, -0.15) is 0 Å². The Balaban J connectivity index is 2.70. The fourth-order valence-corrected chi connectivity index (χ4v) is 1.39. The van der Waals surface area contributed by atoms with E-state index in [1.54, 1.807) is 12.1 Å². The lowest BCUT2D eigenvalue weighted by atomic mass is 10.0. The molecule has 0 aliphatic rings. The van der Waals surface area contributed by atoms with Gasteiger partial charge in [0.15, 0.2) is 0 Å². The molecule has 1 rings (SSSR count). The third-order valence-corrected chi connectivity index (χ3v) is 2.31. The second-order valence-electron chi connectivity index (χ2n) is 3.52. The summed E-state index contributed by atoms with van der Waals surface area (Å²) < 4.78 is 0. The first-order valence-electron chi connectivity index (χ1n) is 4.98. The summed E-state index contributed by atoms with van der Waals surface area (Å²) in [6, 6.07) is 7.43. The molecule has 0 fully saturated rings. The van der Waals surface area contributed by atoms with Crippen LogP contribution in [0.25, 0.3) is 0 Å². The van der Waals surface area contributed by atoms with E-state index in [9.17, 15) is 10.2 Å². The van der Waals surface area contributed by atoms with Crippen LogP contribution in [0.4, 0.5) is 0 Å². The van der Waals surface area contributed by atoms with Crippen molar-refractivity contribution in [2.45, 2.75) is 18.8 Å². The zero-order chi connectivity index (χ0) is 11.3. The number of nitrogens with one attached hydrogen (secondary N) is 1. The van der Waals surface area contributed by atoms with Gasteiger partial charge in [0.2, 0.25) is 0 Å². The molecular formula is C11H18N2O2. The average molecular weight is 210 g/mol. The van der Waals surface area contributed by atoms with Crippen molar-refractivity contribution < 1.29 is 10.2 Å². The summed E-state index contributed by atoms with van der Waals surface area (Å²) in [4.78, 5) is 0. The highest BCUT2D eigenvalue weighted by Gasteiger charge is 2.16. The maximum atomic E-state index is 9.66. The Kier molecular flexibility index (Phi) is 4.71. The Morgan fingerprint density at radius 2 is 1.87 bits per heavy atom. The van der Waals surface area contributed by atoms with Crippen LogP contribution in [0.1, 0.15) is 17.2 Å². The molecule has 4 heteroatoms. The fourth-order valence-electron chi connectivity index (χ4n) is 1.39. The van der Waals surface area contributed by atoms with Gasteiger partial charge in [0.25, 0.3) is 0 Å². The van der Waals surface area contributed by atoms with Crippen LogP contribution in [0.3, 0.4) is 0 Å². The molecule has 0 spiro atoms. The first kappa shape index (κ1) is 12.1. The number of benzene rings is 1. The number of rotatable bonds is 5. The summed E-state index contributed by atoms with van der Waals surface area (Å²) in [5.74, 6) is 0. The molecule has 2 unspecified atom stereocenters. The minimum atomic E-state index is -0.904. The van der Waals surface area contributed by atoms with Crippen molar-refractivity contribution in [1.82, 2.24) is 5.32 Å². The molecule has 0 bridgehead atoms. The van der Waals surface area contributed by atoms with Crippen molar-refractivity contribution in [2.75, 3.05) is 13.6 Å². The van der Waals surface area contributed by atoms with E-state index in [2.05, 4.69) is 5.32 Å². The average Bonchev–Trinajstić information content (AvgIpc) is 2.28. The quantitative estimate of drug-likeness (QED) is 0.541. The maximum Gasteiger partial charge on any atom is 0.106 e. The maximum absolute atomic E-state index is 9.66. The van der Waals surface area contributed by atoms with Crippen LogP contribution in [0.15, 0.2) is 24.3 Å². The molecule has 1 aromatic rings. The topological polar surface area (TPSA) is 78.5 Å². The molecule has 1 aromatic carbocycles. The minimum absolute atomic E-state index is 0.0550. The first-order valence-corrected chi connectivity index (χ1v) is 4.98. The molecule has 0 saturated heterocycles. The van der Waals surface area contributed by atoms with Gasteiger partial charge in [-0.25, -0.2) is 0 Å². The molecular weight excluding hydrogens is 192 g/mol. The molecule has 0 heterocycles. The van der Waals surface area contributed by atoms with Gasteiger partial charge >= 0.3 is 0 Å². The number of hydrogen-bond acceptors (Lipinski definition) is 4. The second-order valence-corrected chi connectivity index (χ2v) is 3.52. The van der Waals surface area contributed by atoms with Crippen LogP contribution >= 0.6 is 0 Å². The molecule has 5 N–H and O–H groups in total. The van der Waals surface area contributed by atoms with Gasteiger partial charge in [0.05, 0.1) is 6.10 Å². The van der Waals surface area contributed by atoms with Crippen LogP contribution in [-0.4, -0.2) is 29.9 Å². The van der Waals surface area contributed by atoms with Crippen molar-refractivity contribution in [3.05, 3.63) is 35.4 Å². The standard InChI is InChI=1S/C11H18N2O2/c1-13-7-8-2-4-9(5-3-8)11(15)10(14)6-12/h2-5,10-11,13-15H,6-7,12H2,1H3. The third-order valence-electron chi connectivity index (χ3n) is 2.31. The summed E-state index contributed by atoms with van der Waals surface area (Å²) in [5, 5.41) is 22.1. The van der Waals surface area contributed by atoms with Crippen LogP contribution in [0, 0.1) is 0 Å². The van der Waals surface area contributed by atoms with Crippen molar-refractivity contribution in [1.29, 1.82) is 0 Å². The van der Waals surface area contributed by atoms with Gasteiger partial charge in [-0.1, -0.05) is 24.3 Å². The highest BCUT2D eigenvalue weighted by molar-refractivity contribution is 5.24. The molecule has 0 aliphatic heterocycles. The van der Waals surface area contributed by atoms with Crippen LogP contribution in [-0.2, 0) is 6.54 Å². The number of aliphatic hydroxyl groups excluding tert-OH is 2. The van der Waals surface area contributed by atoms with Crippen molar-refractivity contribution >= 4 is 0 Å². The van der Waals surface area contributed by atoms with E-state index in [0.29, 0.717) is 5.56 Å². The molecule has 0 amide bonds. The zero-order valence-electron chi connectivity index (χ0n) is 8.85. The van der Waals surface area contributed by atoms with Gasteiger partial charge in [0.1, 0.15) is 6.10 Å². The molecule has 4 nitrogen and oxygen atoms in total. The minimum Gasteiger partial charge on any atom is -0.389 e. The normalized spacial score (nSPS) is 14.9. The van der Waals surface area contributed by atoms with Crippen molar-refractivity contribution in [3.8, 4) is 0 Å². The predicted octanol–water partition coefficient (Wildman–Crippen LogP) is -0.241. The Bertz CT molecular complexity index is 287. The van der Waals surface area contributed by atoms with Gasteiger partial charge in [-0.15, -0.1) is 0 Å². The predicted molar refractivity (Wildman–Crippen MR) is 59.2 cm³/mol. The largest absolute Gasteiger partial charge is 0.389 e. The van der Waals surface area contributed by atoms with Gasteiger partial charge < -0.3 is 21.3 Å². The highest BCUT2D eigenvalue weighted by Crippen LogP contribution is 2.16. The fraction of sp³-hybridized carbons (Fsp3) is 0.455. The SMILES string of the molecule is CNCc1ccc(C(O)C(O)CN)cc1. The van der Waals surface area contributed by atoms with Crippen LogP contribution in [0.2, 0.25) is 0 Å².